The largest absolute Gasteiger partial charge is 0.455 e. The van der Waals surface area contributed by atoms with Gasteiger partial charge in [0.05, 0.1) is 12.0 Å². The zero-order chi connectivity index (χ0) is 35.9. The number of nitrogens with one attached hydrogen (secondary N) is 2. The van der Waals surface area contributed by atoms with Crippen LogP contribution < -0.4 is 16.4 Å². The molecule has 0 radical (unpaired) electrons. The van der Waals surface area contributed by atoms with E-state index >= 15 is 0 Å². The molecule has 5 unspecified atom stereocenters. The van der Waals surface area contributed by atoms with Gasteiger partial charge in [0, 0.05) is 23.5 Å². The Kier molecular flexibility index (Phi) is 9.94. The van der Waals surface area contributed by atoms with E-state index in [2.05, 4.69) is 54.5 Å². The molecule has 0 spiro atoms. The van der Waals surface area contributed by atoms with Crippen LogP contribution >= 0.6 is 0 Å². The van der Waals surface area contributed by atoms with Crippen LogP contribution in [0.5, 0.6) is 0 Å². The van der Waals surface area contributed by atoms with Crippen molar-refractivity contribution in [3.63, 3.8) is 0 Å². The van der Waals surface area contributed by atoms with Gasteiger partial charge in [-0.05, 0) is 36.5 Å². The van der Waals surface area contributed by atoms with Crippen molar-refractivity contribution in [2.75, 3.05) is 11.9 Å². The van der Waals surface area contributed by atoms with Gasteiger partial charge in [-0.3, -0.25) is 4.79 Å². The lowest BCUT2D eigenvalue weighted by Gasteiger charge is -2.37. The smallest absolute Gasteiger partial charge is 0.408 e. The van der Waals surface area contributed by atoms with Crippen LogP contribution in [0.25, 0.3) is 16.7 Å². The second kappa shape index (κ2) is 13.5. The lowest BCUT2D eigenvalue weighted by molar-refractivity contribution is -0.167. The van der Waals surface area contributed by atoms with Gasteiger partial charge in [-0.25, -0.2) is 19.6 Å². The zero-order valence-electron chi connectivity index (χ0n) is 29.1. The molecular weight excluding hydrogens is 648 g/mol. The minimum atomic E-state index is -2.32. The van der Waals surface area contributed by atoms with E-state index in [4.69, 9.17) is 24.4 Å². The number of carbonyl (C=O) groups excluding carboxylic acids is 3. The highest BCUT2D eigenvalue weighted by molar-refractivity contribution is 6.74. The Morgan fingerprint density at radius 2 is 1.90 bits per heavy atom. The van der Waals surface area contributed by atoms with Crippen molar-refractivity contribution in [3.8, 4) is 0 Å². The Bertz CT molecular complexity index is 1750. The van der Waals surface area contributed by atoms with E-state index < -0.39 is 56.4 Å². The maximum atomic E-state index is 13.8. The van der Waals surface area contributed by atoms with Crippen molar-refractivity contribution < 1.29 is 38.1 Å². The van der Waals surface area contributed by atoms with E-state index in [0.717, 1.165) is 5.56 Å². The van der Waals surface area contributed by atoms with Gasteiger partial charge in [-0.1, -0.05) is 65.0 Å². The molecule has 264 valence electrons. The number of carbonyl (C=O) groups is 3. The number of esters is 1. The molecule has 15 heteroatoms. The monoisotopic (exact) mass is 694 g/mol. The van der Waals surface area contributed by atoms with Crippen molar-refractivity contribution in [1.29, 1.82) is 0 Å². The number of nitrogens with zero attached hydrogens (tertiary/aromatic N) is 3. The SMILES string of the molecule is CC(C)C(NC(=O)OCc1ccccc1)C(=O)OC1C(CO[Si](C)(C)C(C)(C)C)OC(n2cc3c4c(ncnc42)NC(=O)C=C3N)C1(C)O. The van der Waals surface area contributed by atoms with Gasteiger partial charge in [-0.15, -0.1) is 0 Å². The Labute approximate surface area is 286 Å². The summed E-state index contributed by atoms with van der Waals surface area (Å²) in [5.74, 6) is -1.34. The van der Waals surface area contributed by atoms with Crippen LogP contribution in [0.2, 0.25) is 18.1 Å². The Morgan fingerprint density at radius 3 is 2.55 bits per heavy atom. The molecule has 4 heterocycles. The average molecular weight is 695 g/mol. The van der Waals surface area contributed by atoms with Crippen LogP contribution in [0.1, 0.15) is 58.9 Å². The number of aliphatic hydroxyl groups is 1. The van der Waals surface area contributed by atoms with Gasteiger partial charge < -0.3 is 44.7 Å². The number of benzene rings is 1. The molecule has 0 aliphatic carbocycles. The molecule has 49 heavy (non-hydrogen) atoms. The van der Waals surface area contributed by atoms with Gasteiger partial charge in [-0.2, -0.15) is 0 Å². The Hall–Kier alpha value is -4.31. The predicted molar refractivity (Wildman–Crippen MR) is 184 cm³/mol. The molecule has 2 aliphatic heterocycles. The number of ether oxygens (including phenoxy) is 3. The number of aromatic nitrogens is 3. The summed E-state index contributed by atoms with van der Waals surface area (Å²) in [6.45, 7) is 15.6. The summed E-state index contributed by atoms with van der Waals surface area (Å²) in [6.07, 6.45) is 0.0883. The number of rotatable bonds is 10. The van der Waals surface area contributed by atoms with E-state index in [0.29, 0.717) is 16.6 Å². The predicted octanol–water partition coefficient (Wildman–Crippen LogP) is 4.22. The van der Waals surface area contributed by atoms with Crippen LogP contribution in [-0.2, 0) is 34.8 Å². The number of amides is 2. The third kappa shape index (κ3) is 7.34. The molecule has 0 saturated carbocycles. The van der Waals surface area contributed by atoms with Crippen LogP contribution in [0.15, 0.2) is 48.9 Å². The van der Waals surface area contributed by atoms with Crippen molar-refractivity contribution in [2.24, 2.45) is 11.7 Å². The quantitative estimate of drug-likeness (QED) is 0.176. The highest BCUT2D eigenvalue weighted by atomic mass is 28.4. The summed E-state index contributed by atoms with van der Waals surface area (Å²) < 4.78 is 26.1. The number of hydrogen-bond donors (Lipinski definition) is 4. The third-order valence-electron chi connectivity index (χ3n) is 9.48. The summed E-state index contributed by atoms with van der Waals surface area (Å²) in [5.41, 5.74) is 6.22. The van der Waals surface area contributed by atoms with Crippen molar-refractivity contribution in [3.05, 3.63) is 60.1 Å². The molecule has 3 aromatic rings. The molecule has 5 rings (SSSR count). The first-order valence-electron chi connectivity index (χ1n) is 16.2. The van der Waals surface area contributed by atoms with Gasteiger partial charge >= 0.3 is 12.1 Å². The van der Waals surface area contributed by atoms with Crippen LogP contribution in [0.4, 0.5) is 10.6 Å². The van der Waals surface area contributed by atoms with Crippen molar-refractivity contribution >= 4 is 48.8 Å². The molecule has 2 aromatic heterocycles. The first kappa shape index (κ1) is 36.0. The fourth-order valence-corrected chi connectivity index (χ4v) is 6.62. The van der Waals surface area contributed by atoms with E-state index in [1.54, 1.807) is 24.6 Å². The maximum absolute atomic E-state index is 13.8. The molecule has 5 atom stereocenters. The fourth-order valence-electron chi connectivity index (χ4n) is 5.60. The Morgan fingerprint density at radius 1 is 1.20 bits per heavy atom. The molecule has 2 amide bonds. The summed E-state index contributed by atoms with van der Waals surface area (Å²) >= 11 is 0. The number of nitrogens with two attached hydrogens (primary N) is 1. The second-order valence-corrected chi connectivity index (χ2v) is 19.4. The molecule has 14 nitrogen and oxygen atoms in total. The average Bonchev–Trinajstić information content (AvgIpc) is 3.48. The highest BCUT2D eigenvalue weighted by Gasteiger charge is 2.57. The summed E-state index contributed by atoms with van der Waals surface area (Å²) in [5, 5.41) is 17.9. The van der Waals surface area contributed by atoms with Gasteiger partial charge in [0.1, 0.15) is 42.1 Å². The summed E-state index contributed by atoms with van der Waals surface area (Å²) in [4.78, 5) is 47.6. The van der Waals surface area contributed by atoms with E-state index in [1.807, 2.05) is 30.3 Å². The topological polar surface area (TPSA) is 189 Å². The molecule has 2 aliphatic rings. The minimum absolute atomic E-state index is 0.0182. The standard InChI is InChI=1S/C34H46N6O8Si/c1-19(2)26(39-32(43)45-16-20-12-10-9-11-13-20)30(42)48-27-23(17-46-49(7,8)33(3,4)5)47-31(34(27,6)44)40-15-21-22(35)14-24(41)38-28-25(21)29(40)37-18-36-28/h9-15,18-19,23,26-27,31,44H,16-17,35H2,1-8H3,(H,39,43)(H,36,37,38,41). The maximum Gasteiger partial charge on any atom is 0.408 e. The highest BCUT2D eigenvalue weighted by Crippen LogP contribution is 2.45. The first-order chi connectivity index (χ1) is 22.9. The van der Waals surface area contributed by atoms with Gasteiger partial charge in [0.2, 0.25) is 0 Å². The van der Waals surface area contributed by atoms with E-state index in [-0.39, 0.29) is 35.7 Å². The van der Waals surface area contributed by atoms with Crippen LogP contribution in [0.3, 0.4) is 0 Å². The van der Waals surface area contributed by atoms with Crippen LogP contribution in [0, 0.1) is 5.92 Å². The molecule has 1 saturated heterocycles. The lowest BCUT2D eigenvalue weighted by atomic mass is 9.95. The van der Waals surface area contributed by atoms with E-state index in [1.165, 1.54) is 19.3 Å². The molecular formula is C34H46N6O8Si. The number of anilines is 1. The minimum Gasteiger partial charge on any atom is -0.455 e. The molecule has 1 aromatic carbocycles. The number of hydrogen-bond acceptors (Lipinski definition) is 11. The van der Waals surface area contributed by atoms with Gasteiger partial charge in [0.15, 0.2) is 20.6 Å². The summed E-state index contributed by atoms with van der Waals surface area (Å²) in [7, 11) is -2.32. The first-order valence-corrected chi connectivity index (χ1v) is 19.1. The van der Waals surface area contributed by atoms with Crippen molar-refractivity contribution in [2.45, 2.75) is 96.4 Å². The zero-order valence-corrected chi connectivity index (χ0v) is 30.1. The fraction of sp³-hybridized carbons (Fsp3) is 0.500. The third-order valence-corrected chi connectivity index (χ3v) is 14.0. The molecule has 1 fully saturated rings. The van der Waals surface area contributed by atoms with Gasteiger partial charge in [0.25, 0.3) is 5.91 Å². The second-order valence-electron chi connectivity index (χ2n) is 14.6. The van der Waals surface area contributed by atoms with E-state index in [9.17, 15) is 19.5 Å². The molecule has 5 N–H and O–H groups in total. The number of alkyl carbamates (subject to hydrolysis) is 1. The Balaban J connectivity index is 1.45. The summed E-state index contributed by atoms with van der Waals surface area (Å²) in [6, 6.07) is 8.07. The molecule has 0 bridgehead atoms. The lowest BCUT2D eigenvalue weighted by Crippen LogP contribution is -2.53. The van der Waals surface area contributed by atoms with Crippen LogP contribution in [-0.4, -0.2) is 76.4 Å². The van der Waals surface area contributed by atoms with Crippen molar-refractivity contribution in [1.82, 2.24) is 19.9 Å². The normalized spacial score (nSPS) is 23.1.